The number of hydrogen-bond donors (Lipinski definition) is 1. The van der Waals surface area contributed by atoms with Crippen LogP contribution in [0.5, 0.6) is 0 Å². The van der Waals surface area contributed by atoms with Crippen molar-refractivity contribution in [2.75, 3.05) is 0 Å². The normalized spacial score (nSPS) is 12.4. The molecule has 3 aromatic rings. The van der Waals surface area contributed by atoms with Crippen molar-refractivity contribution in [2.45, 2.75) is 11.1 Å². The SMILES string of the molecule is NS(=O)(=O)c1ccc(-c2cc(C(F)(F)F)nn2-c2cc(Br)cc(Br)c2)cc1F. The number of aromatic nitrogens is 2. The van der Waals surface area contributed by atoms with Gasteiger partial charge in [0.25, 0.3) is 0 Å². The van der Waals surface area contributed by atoms with Crippen molar-refractivity contribution in [3.05, 3.63) is 62.9 Å². The molecule has 0 amide bonds. The molecule has 1 aromatic heterocycles. The lowest BCUT2D eigenvalue weighted by molar-refractivity contribution is -0.141. The Morgan fingerprint density at radius 1 is 1.00 bits per heavy atom. The minimum Gasteiger partial charge on any atom is -0.232 e. The lowest BCUT2D eigenvalue weighted by Crippen LogP contribution is -2.14. The zero-order valence-corrected chi connectivity index (χ0v) is 17.5. The third kappa shape index (κ3) is 4.29. The van der Waals surface area contributed by atoms with Gasteiger partial charge in [-0.15, -0.1) is 0 Å². The van der Waals surface area contributed by atoms with Crippen molar-refractivity contribution < 1.29 is 26.0 Å². The van der Waals surface area contributed by atoms with Crippen LogP contribution in [0.25, 0.3) is 16.9 Å². The topological polar surface area (TPSA) is 78.0 Å². The zero-order chi connectivity index (χ0) is 20.9. The number of halogens is 6. The predicted molar refractivity (Wildman–Crippen MR) is 101 cm³/mol. The van der Waals surface area contributed by atoms with Crippen LogP contribution in [-0.4, -0.2) is 18.2 Å². The van der Waals surface area contributed by atoms with Crippen LogP contribution in [0.3, 0.4) is 0 Å². The molecule has 0 atom stereocenters. The molecule has 0 spiro atoms. The van der Waals surface area contributed by atoms with E-state index >= 15 is 0 Å². The van der Waals surface area contributed by atoms with E-state index < -0.39 is 32.6 Å². The van der Waals surface area contributed by atoms with E-state index in [4.69, 9.17) is 5.14 Å². The van der Waals surface area contributed by atoms with Crippen molar-refractivity contribution in [1.82, 2.24) is 9.78 Å². The fraction of sp³-hybridized carbons (Fsp3) is 0.0625. The standard InChI is InChI=1S/C16H9Br2F4N3O2S/c17-9-4-10(18)6-11(5-9)25-13(7-15(24-25)16(20,21)22)8-1-2-14(12(19)3-8)28(23,26)27/h1-7H,(H2,23,26,27). The van der Waals surface area contributed by atoms with Crippen LogP contribution in [0.4, 0.5) is 17.6 Å². The second kappa shape index (κ2) is 7.25. The van der Waals surface area contributed by atoms with Crippen LogP contribution in [0.2, 0.25) is 0 Å². The summed E-state index contributed by atoms with van der Waals surface area (Å²) in [5, 5.41) is 8.51. The molecule has 0 bridgehead atoms. The molecule has 3 rings (SSSR count). The van der Waals surface area contributed by atoms with E-state index in [1.807, 2.05) is 0 Å². The summed E-state index contributed by atoms with van der Waals surface area (Å²) in [7, 11) is -4.31. The molecule has 28 heavy (non-hydrogen) atoms. The summed E-state index contributed by atoms with van der Waals surface area (Å²) in [6.07, 6.45) is -4.73. The predicted octanol–water partition coefficient (Wildman–Crippen LogP) is 4.87. The molecule has 2 aromatic carbocycles. The van der Waals surface area contributed by atoms with Gasteiger partial charge in [-0.3, -0.25) is 0 Å². The van der Waals surface area contributed by atoms with Crippen LogP contribution in [-0.2, 0) is 16.2 Å². The largest absolute Gasteiger partial charge is 0.435 e. The minimum atomic E-state index is -4.73. The number of sulfonamides is 1. The molecule has 0 unspecified atom stereocenters. The first-order chi connectivity index (χ1) is 12.9. The van der Waals surface area contributed by atoms with E-state index in [1.54, 1.807) is 6.07 Å². The lowest BCUT2D eigenvalue weighted by atomic mass is 10.1. The first-order valence-electron chi connectivity index (χ1n) is 7.33. The Labute approximate surface area is 173 Å². The third-order valence-electron chi connectivity index (χ3n) is 3.63. The average Bonchev–Trinajstić information content (AvgIpc) is 2.98. The molecule has 0 aliphatic heterocycles. The molecular weight excluding hydrogens is 534 g/mol. The van der Waals surface area contributed by atoms with Crippen molar-refractivity contribution in [3.63, 3.8) is 0 Å². The Hall–Kier alpha value is -1.76. The highest BCUT2D eigenvalue weighted by Gasteiger charge is 2.35. The summed E-state index contributed by atoms with van der Waals surface area (Å²) in [6.45, 7) is 0. The summed E-state index contributed by atoms with van der Waals surface area (Å²) in [5.41, 5.74) is -1.02. The number of benzene rings is 2. The molecule has 0 fully saturated rings. The maximum Gasteiger partial charge on any atom is 0.435 e. The van der Waals surface area contributed by atoms with Gasteiger partial charge in [-0.25, -0.2) is 22.6 Å². The molecule has 2 N–H and O–H groups in total. The van der Waals surface area contributed by atoms with Gasteiger partial charge in [0.05, 0.1) is 11.4 Å². The average molecular weight is 543 g/mol. The van der Waals surface area contributed by atoms with Crippen LogP contribution in [0.15, 0.2) is 56.3 Å². The number of alkyl halides is 3. The van der Waals surface area contributed by atoms with E-state index in [1.165, 1.54) is 12.1 Å². The lowest BCUT2D eigenvalue weighted by Gasteiger charge is -2.10. The molecule has 12 heteroatoms. The summed E-state index contributed by atoms with van der Waals surface area (Å²) in [6, 6.07) is 8.32. The first-order valence-corrected chi connectivity index (χ1v) is 10.5. The van der Waals surface area contributed by atoms with E-state index in [-0.39, 0.29) is 16.9 Å². The fourth-order valence-corrected chi connectivity index (χ4v) is 4.33. The van der Waals surface area contributed by atoms with E-state index in [0.29, 0.717) is 8.95 Å². The van der Waals surface area contributed by atoms with E-state index in [0.717, 1.165) is 28.9 Å². The first kappa shape index (κ1) is 21.0. The zero-order valence-electron chi connectivity index (χ0n) is 13.5. The van der Waals surface area contributed by atoms with Crippen LogP contribution in [0.1, 0.15) is 5.69 Å². The van der Waals surface area contributed by atoms with Gasteiger partial charge >= 0.3 is 6.18 Å². The van der Waals surface area contributed by atoms with Gasteiger partial charge in [0.15, 0.2) is 5.69 Å². The fourth-order valence-electron chi connectivity index (χ4n) is 2.47. The van der Waals surface area contributed by atoms with Gasteiger partial charge in [-0.05, 0) is 36.4 Å². The van der Waals surface area contributed by atoms with Crippen molar-refractivity contribution >= 4 is 41.9 Å². The van der Waals surface area contributed by atoms with E-state index in [2.05, 4.69) is 37.0 Å². The highest BCUT2D eigenvalue weighted by atomic mass is 79.9. The second-order valence-electron chi connectivity index (χ2n) is 5.64. The van der Waals surface area contributed by atoms with Crippen molar-refractivity contribution in [3.8, 4) is 16.9 Å². The molecule has 0 aliphatic carbocycles. The van der Waals surface area contributed by atoms with E-state index in [9.17, 15) is 26.0 Å². The maximum atomic E-state index is 14.2. The Balaban J connectivity index is 2.26. The van der Waals surface area contributed by atoms with Crippen LogP contribution in [0, 0.1) is 5.82 Å². The molecule has 5 nitrogen and oxygen atoms in total. The number of nitrogens with zero attached hydrogens (tertiary/aromatic N) is 2. The number of hydrogen-bond acceptors (Lipinski definition) is 3. The van der Waals surface area contributed by atoms with Crippen LogP contribution < -0.4 is 5.14 Å². The summed E-state index contributed by atoms with van der Waals surface area (Å²) in [4.78, 5) is -0.761. The highest BCUT2D eigenvalue weighted by molar-refractivity contribution is 9.11. The third-order valence-corrected chi connectivity index (χ3v) is 5.49. The van der Waals surface area contributed by atoms with Gasteiger partial charge in [0.1, 0.15) is 10.7 Å². The molecule has 0 radical (unpaired) electrons. The summed E-state index contributed by atoms with van der Waals surface area (Å²) in [5.74, 6) is -1.18. The molecule has 0 saturated heterocycles. The number of rotatable bonds is 3. The van der Waals surface area contributed by atoms with Gasteiger partial charge in [-0.2, -0.15) is 18.3 Å². The monoisotopic (exact) mass is 541 g/mol. The van der Waals surface area contributed by atoms with Gasteiger partial charge < -0.3 is 0 Å². The second-order valence-corrected chi connectivity index (χ2v) is 9.00. The Morgan fingerprint density at radius 2 is 1.61 bits per heavy atom. The minimum absolute atomic E-state index is 0.0102. The maximum absolute atomic E-state index is 14.2. The van der Waals surface area contributed by atoms with Crippen LogP contribution >= 0.6 is 31.9 Å². The molecule has 0 aliphatic rings. The van der Waals surface area contributed by atoms with Gasteiger partial charge in [-0.1, -0.05) is 37.9 Å². The summed E-state index contributed by atoms with van der Waals surface area (Å²) < 4.78 is 78.7. The molecular formula is C16H9Br2F4N3O2S. The Bertz CT molecular complexity index is 1160. The smallest absolute Gasteiger partial charge is 0.232 e. The molecule has 0 saturated carbocycles. The van der Waals surface area contributed by atoms with Gasteiger partial charge in [0, 0.05) is 14.5 Å². The number of primary sulfonamides is 1. The Kier molecular flexibility index (Phi) is 5.42. The molecule has 148 valence electrons. The summed E-state index contributed by atoms with van der Waals surface area (Å²) >= 11 is 6.49. The van der Waals surface area contributed by atoms with Crippen molar-refractivity contribution in [1.29, 1.82) is 0 Å². The quantitative estimate of drug-likeness (QED) is 0.480. The van der Waals surface area contributed by atoms with Gasteiger partial charge in [0.2, 0.25) is 10.0 Å². The number of nitrogens with two attached hydrogens (primary N) is 1. The van der Waals surface area contributed by atoms with Crippen molar-refractivity contribution in [2.24, 2.45) is 5.14 Å². The highest BCUT2D eigenvalue weighted by Crippen LogP contribution is 2.35. The molecule has 1 heterocycles. The Morgan fingerprint density at radius 3 is 2.11 bits per heavy atom.